The van der Waals surface area contributed by atoms with Crippen molar-refractivity contribution in [3.63, 3.8) is 0 Å². The van der Waals surface area contributed by atoms with E-state index in [1.54, 1.807) is 24.3 Å². The van der Waals surface area contributed by atoms with Gasteiger partial charge in [-0.25, -0.2) is 0 Å². The van der Waals surface area contributed by atoms with E-state index in [4.69, 9.17) is 4.52 Å². The summed E-state index contributed by atoms with van der Waals surface area (Å²) in [5.41, 5.74) is 0. The summed E-state index contributed by atoms with van der Waals surface area (Å²) in [6.07, 6.45) is 0. The van der Waals surface area contributed by atoms with Crippen LogP contribution in [-0.2, 0) is 13.9 Å². The molecule has 3 nitrogen and oxygen atoms in total. The van der Waals surface area contributed by atoms with Gasteiger partial charge in [0.1, 0.15) is 6.61 Å². The number of Topliss-reactive ketones (excluding diaryl/α,β-unsaturated/α-hetero) is 1. The van der Waals surface area contributed by atoms with Gasteiger partial charge in [-0.3, -0.25) is 9.36 Å². The van der Waals surface area contributed by atoms with Crippen LogP contribution >= 0.6 is 7.37 Å². The summed E-state index contributed by atoms with van der Waals surface area (Å²) in [6.45, 7) is 1.27. The van der Waals surface area contributed by atoms with E-state index in [2.05, 4.69) is 0 Å². The first-order chi connectivity index (χ1) is 9.13. The van der Waals surface area contributed by atoms with Crippen LogP contribution in [0.25, 0.3) is 0 Å². The van der Waals surface area contributed by atoms with Gasteiger partial charge in [0.25, 0.3) is 7.37 Å². The molecule has 0 aliphatic heterocycles. The van der Waals surface area contributed by atoms with Crippen LogP contribution in [0, 0.1) is 0 Å². The molecular formula is C15H15O3P. The van der Waals surface area contributed by atoms with Gasteiger partial charge in [0.15, 0.2) is 5.78 Å². The minimum absolute atomic E-state index is 0.146. The zero-order valence-electron chi connectivity index (χ0n) is 10.7. The lowest BCUT2D eigenvalue weighted by Gasteiger charge is -2.18. The van der Waals surface area contributed by atoms with Gasteiger partial charge < -0.3 is 4.52 Å². The Kier molecular flexibility index (Phi) is 4.31. The van der Waals surface area contributed by atoms with Gasteiger partial charge in [-0.1, -0.05) is 36.4 Å². The van der Waals surface area contributed by atoms with Crippen LogP contribution < -0.4 is 10.6 Å². The zero-order chi connectivity index (χ0) is 13.7. The van der Waals surface area contributed by atoms with E-state index in [1.165, 1.54) is 6.92 Å². The Morgan fingerprint density at radius 3 is 1.74 bits per heavy atom. The molecule has 0 aromatic heterocycles. The Balaban J connectivity index is 2.45. The summed E-state index contributed by atoms with van der Waals surface area (Å²) in [5.74, 6) is -0.146. The molecule has 2 rings (SSSR count). The smallest absolute Gasteiger partial charge is 0.261 e. The average molecular weight is 274 g/mol. The van der Waals surface area contributed by atoms with E-state index in [-0.39, 0.29) is 12.4 Å². The highest BCUT2D eigenvalue weighted by Gasteiger charge is 2.28. The van der Waals surface area contributed by atoms with E-state index in [9.17, 15) is 9.36 Å². The van der Waals surface area contributed by atoms with Crippen molar-refractivity contribution >= 4 is 23.8 Å². The molecule has 0 aliphatic rings. The molecule has 0 heterocycles. The second-order valence-electron chi connectivity index (χ2n) is 4.20. The predicted octanol–water partition coefficient (Wildman–Crippen LogP) is 2.52. The molecule has 0 N–H and O–H groups in total. The molecule has 4 heteroatoms. The van der Waals surface area contributed by atoms with E-state index >= 15 is 0 Å². The van der Waals surface area contributed by atoms with Crippen LogP contribution in [0.15, 0.2) is 60.7 Å². The van der Waals surface area contributed by atoms with E-state index in [0.29, 0.717) is 10.6 Å². The summed E-state index contributed by atoms with van der Waals surface area (Å²) in [5, 5.41) is 1.20. The van der Waals surface area contributed by atoms with Crippen molar-refractivity contribution in [2.45, 2.75) is 6.92 Å². The lowest BCUT2D eigenvalue weighted by atomic mass is 10.4. The fourth-order valence-corrected chi connectivity index (χ4v) is 3.82. The number of rotatable bonds is 5. The lowest BCUT2D eigenvalue weighted by molar-refractivity contribution is -0.118. The standard InChI is InChI=1S/C15H15O3P/c1-13(16)12-18-19(17,14-8-4-2-5-9-14)15-10-6-3-7-11-15/h2-11H,12H2,1H3. The Hall–Kier alpha value is -1.70. The van der Waals surface area contributed by atoms with Gasteiger partial charge in [-0.15, -0.1) is 0 Å². The van der Waals surface area contributed by atoms with Crippen LogP contribution in [0.4, 0.5) is 0 Å². The maximum atomic E-state index is 13.1. The molecular weight excluding hydrogens is 259 g/mol. The van der Waals surface area contributed by atoms with Crippen LogP contribution in [0.5, 0.6) is 0 Å². The first kappa shape index (κ1) is 13.7. The number of ketones is 1. The Bertz CT molecular complexity index is 550. The van der Waals surface area contributed by atoms with Gasteiger partial charge >= 0.3 is 0 Å². The maximum absolute atomic E-state index is 13.1. The number of carbonyl (C=O) groups excluding carboxylic acids is 1. The Morgan fingerprint density at radius 1 is 0.947 bits per heavy atom. The molecule has 2 aromatic carbocycles. The second kappa shape index (κ2) is 5.96. The third-order valence-corrected chi connectivity index (χ3v) is 5.09. The van der Waals surface area contributed by atoms with Crippen molar-refractivity contribution in [2.75, 3.05) is 6.61 Å². The van der Waals surface area contributed by atoms with Gasteiger partial charge in [-0.05, 0) is 31.2 Å². The summed E-state index contributed by atoms with van der Waals surface area (Å²) in [4.78, 5) is 11.1. The largest absolute Gasteiger partial charge is 0.314 e. The molecule has 0 spiro atoms. The predicted molar refractivity (Wildman–Crippen MR) is 76.4 cm³/mol. The van der Waals surface area contributed by atoms with Gasteiger partial charge in [0.05, 0.1) is 0 Å². The Labute approximate surface area is 112 Å². The molecule has 0 fully saturated rings. The third-order valence-electron chi connectivity index (χ3n) is 2.64. The van der Waals surface area contributed by atoms with Crippen LogP contribution in [0.2, 0.25) is 0 Å². The number of hydrogen-bond donors (Lipinski definition) is 0. The van der Waals surface area contributed by atoms with E-state index in [1.807, 2.05) is 36.4 Å². The molecule has 0 saturated carbocycles. The summed E-state index contributed by atoms with van der Waals surface area (Å²) in [7, 11) is -3.20. The highest BCUT2D eigenvalue weighted by molar-refractivity contribution is 7.74. The maximum Gasteiger partial charge on any atom is 0.261 e. The average Bonchev–Trinajstić information content (AvgIpc) is 2.46. The van der Waals surface area contributed by atoms with Gasteiger partial charge in [-0.2, -0.15) is 0 Å². The fraction of sp³-hybridized carbons (Fsp3) is 0.133. The Morgan fingerprint density at radius 2 is 1.37 bits per heavy atom. The summed E-state index contributed by atoms with van der Waals surface area (Å²) < 4.78 is 18.6. The first-order valence-corrected chi connectivity index (χ1v) is 7.60. The highest BCUT2D eigenvalue weighted by atomic mass is 31.2. The number of hydrogen-bond acceptors (Lipinski definition) is 3. The molecule has 0 radical (unpaired) electrons. The van der Waals surface area contributed by atoms with Crippen LogP contribution in [0.1, 0.15) is 6.92 Å². The lowest BCUT2D eigenvalue weighted by Crippen LogP contribution is -2.20. The van der Waals surface area contributed by atoms with Crippen LogP contribution in [0.3, 0.4) is 0 Å². The van der Waals surface area contributed by atoms with E-state index < -0.39 is 7.37 Å². The summed E-state index contributed by atoms with van der Waals surface area (Å²) in [6, 6.07) is 18.0. The summed E-state index contributed by atoms with van der Waals surface area (Å²) >= 11 is 0. The monoisotopic (exact) mass is 274 g/mol. The highest BCUT2D eigenvalue weighted by Crippen LogP contribution is 2.44. The molecule has 19 heavy (non-hydrogen) atoms. The van der Waals surface area contributed by atoms with Crippen molar-refractivity contribution in [3.8, 4) is 0 Å². The normalized spacial score (nSPS) is 11.2. The van der Waals surface area contributed by atoms with Crippen molar-refractivity contribution in [1.82, 2.24) is 0 Å². The van der Waals surface area contributed by atoms with Crippen molar-refractivity contribution < 1.29 is 13.9 Å². The molecule has 0 bridgehead atoms. The van der Waals surface area contributed by atoms with E-state index in [0.717, 1.165) is 0 Å². The molecule has 0 atom stereocenters. The fourth-order valence-electron chi connectivity index (χ4n) is 1.73. The molecule has 0 amide bonds. The first-order valence-electron chi connectivity index (χ1n) is 5.98. The van der Waals surface area contributed by atoms with Gasteiger partial charge in [0, 0.05) is 10.6 Å². The minimum atomic E-state index is -3.20. The molecule has 98 valence electrons. The topological polar surface area (TPSA) is 43.4 Å². The van der Waals surface area contributed by atoms with Crippen molar-refractivity contribution in [3.05, 3.63) is 60.7 Å². The third kappa shape index (κ3) is 3.19. The number of benzene rings is 2. The van der Waals surface area contributed by atoms with Crippen molar-refractivity contribution in [1.29, 1.82) is 0 Å². The molecule has 0 aliphatic carbocycles. The molecule has 0 unspecified atom stereocenters. The second-order valence-corrected chi connectivity index (χ2v) is 6.59. The zero-order valence-corrected chi connectivity index (χ0v) is 11.5. The number of carbonyl (C=O) groups is 1. The molecule has 2 aromatic rings. The molecule has 0 saturated heterocycles. The minimum Gasteiger partial charge on any atom is -0.314 e. The SMILES string of the molecule is CC(=O)COP(=O)(c1ccccc1)c1ccccc1. The van der Waals surface area contributed by atoms with Crippen LogP contribution in [-0.4, -0.2) is 12.4 Å². The quantitative estimate of drug-likeness (QED) is 0.787. The van der Waals surface area contributed by atoms with Crippen molar-refractivity contribution in [2.24, 2.45) is 0 Å². The van der Waals surface area contributed by atoms with Gasteiger partial charge in [0.2, 0.25) is 0 Å².